The third-order valence-corrected chi connectivity index (χ3v) is 3.94. The van der Waals surface area contributed by atoms with Gasteiger partial charge in [0.2, 0.25) is 5.88 Å². The Balaban J connectivity index is 2.11. The van der Waals surface area contributed by atoms with Gasteiger partial charge in [0.25, 0.3) is 0 Å². The van der Waals surface area contributed by atoms with Gasteiger partial charge in [-0.2, -0.15) is 0 Å². The number of imidazole rings is 1. The van der Waals surface area contributed by atoms with Crippen molar-refractivity contribution in [1.29, 1.82) is 0 Å². The summed E-state index contributed by atoms with van der Waals surface area (Å²) < 4.78 is 10.6. The smallest absolute Gasteiger partial charge is 0.215 e. The molecule has 5 nitrogen and oxygen atoms in total. The third kappa shape index (κ3) is 2.54. The van der Waals surface area contributed by atoms with Gasteiger partial charge in [0.1, 0.15) is 11.6 Å². The molecule has 2 heterocycles. The maximum atomic E-state index is 5.47. The fourth-order valence-electron chi connectivity index (χ4n) is 2.12. The van der Waals surface area contributed by atoms with Gasteiger partial charge in [-0.3, -0.25) is 0 Å². The summed E-state index contributed by atoms with van der Waals surface area (Å²) in [7, 11) is 3.25. The number of benzene rings is 1. The molecule has 1 N–H and O–H groups in total. The zero-order chi connectivity index (χ0) is 14.8. The molecule has 6 heteroatoms. The first-order valence-corrected chi connectivity index (χ1v) is 7.59. The van der Waals surface area contributed by atoms with Crippen LogP contribution < -0.4 is 9.47 Å². The molecule has 0 radical (unpaired) electrons. The maximum absolute atomic E-state index is 5.47. The summed E-state index contributed by atoms with van der Waals surface area (Å²) in [4.78, 5) is 13.2. The van der Waals surface area contributed by atoms with Gasteiger partial charge in [-0.1, -0.05) is 0 Å². The highest BCUT2D eigenvalue weighted by Gasteiger charge is 2.12. The lowest BCUT2D eigenvalue weighted by Gasteiger charge is -2.07. The van der Waals surface area contributed by atoms with Gasteiger partial charge in [-0.15, -0.1) is 11.8 Å². The standard InChI is InChI=1S/C15H15N3O2S/c1-19-13-6-9(21-3)4-5-10(13)15-17-11-7-14(20-2)16-8-12(11)18-15/h4-8H,1-3H3,(H,17,18). The van der Waals surface area contributed by atoms with Crippen LogP contribution in [0, 0.1) is 0 Å². The van der Waals surface area contributed by atoms with Crippen molar-refractivity contribution >= 4 is 22.8 Å². The molecule has 0 saturated heterocycles. The number of methoxy groups -OCH3 is 2. The molecule has 0 unspecified atom stereocenters. The number of H-pyrrole nitrogens is 1. The minimum Gasteiger partial charge on any atom is -0.496 e. The van der Waals surface area contributed by atoms with Crippen molar-refractivity contribution in [2.45, 2.75) is 4.90 Å². The number of hydrogen-bond acceptors (Lipinski definition) is 5. The lowest BCUT2D eigenvalue weighted by Crippen LogP contribution is -1.89. The third-order valence-electron chi connectivity index (χ3n) is 3.22. The molecule has 0 atom stereocenters. The summed E-state index contributed by atoms with van der Waals surface area (Å²) in [6.07, 6.45) is 3.75. The number of thioether (sulfide) groups is 1. The zero-order valence-electron chi connectivity index (χ0n) is 12.0. The van der Waals surface area contributed by atoms with Gasteiger partial charge in [0.15, 0.2) is 0 Å². The van der Waals surface area contributed by atoms with E-state index in [4.69, 9.17) is 9.47 Å². The van der Waals surface area contributed by atoms with Crippen molar-refractivity contribution in [3.8, 4) is 23.0 Å². The van der Waals surface area contributed by atoms with Crippen LogP contribution >= 0.6 is 11.8 Å². The van der Waals surface area contributed by atoms with E-state index in [9.17, 15) is 0 Å². The molecule has 108 valence electrons. The monoisotopic (exact) mass is 301 g/mol. The molecular weight excluding hydrogens is 286 g/mol. The average Bonchev–Trinajstić information content (AvgIpc) is 2.96. The van der Waals surface area contributed by atoms with Crippen LogP contribution in [-0.4, -0.2) is 35.4 Å². The van der Waals surface area contributed by atoms with Crippen LogP contribution in [0.25, 0.3) is 22.4 Å². The van der Waals surface area contributed by atoms with Gasteiger partial charge in [-0.25, -0.2) is 9.97 Å². The molecule has 0 aliphatic rings. The molecule has 0 aliphatic heterocycles. The van der Waals surface area contributed by atoms with Crippen LogP contribution in [0.4, 0.5) is 0 Å². The first-order valence-electron chi connectivity index (χ1n) is 6.37. The largest absolute Gasteiger partial charge is 0.496 e. The number of pyridine rings is 1. The Bertz CT molecular complexity index is 786. The summed E-state index contributed by atoms with van der Waals surface area (Å²) in [5.74, 6) is 2.09. The Morgan fingerprint density at radius 1 is 1.14 bits per heavy atom. The second-order valence-electron chi connectivity index (χ2n) is 4.40. The fourth-order valence-corrected chi connectivity index (χ4v) is 2.55. The van der Waals surface area contributed by atoms with Gasteiger partial charge in [0.05, 0.1) is 37.0 Å². The molecule has 0 spiro atoms. The number of aromatic nitrogens is 3. The van der Waals surface area contributed by atoms with Crippen molar-refractivity contribution in [2.75, 3.05) is 20.5 Å². The molecule has 0 amide bonds. The molecule has 21 heavy (non-hydrogen) atoms. The summed E-state index contributed by atoms with van der Waals surface area (Å²) in [5, 5.41) is 0. The zero-order valence-corrected chi connectivity index (χ0v) is 12.8. The maximum Gasteiger partial charge on any atom is 0.215 e. The highest BCUT2D eigenvalue weighted by atomic mass is 32.2. The Morgan fingerprint density at radius 3 is 2.71 bits per heavy atom. The minimum absolute atomic E-state index is 0.547. The van der Waals surface area contributed by atoms with E-state index in [1.54, 1.807) is 38.2 Å². The number of fused-ring (bicyclic) bond motifs is 1. The second-order valence-corrected chi connectivity index (χ2v) is 5.28. The van der Waals surface area contributed by atoms with E-state index in [0.717, 1.165) is 33.1 Å². The molecule has 3 rings (SSSR count). The SMILES string of the molecule is COc1cc2nc(-c3ccc(SC)cc3OC)[nH]c2cn1. The van der Waals surface area contributed by atoms with Crippen LogP contribution in [0.2, 0.25) is 0 Å². The van der Waals surface area contributed by atoms with Gasteiger partial charge in [-0.05, 0) is 24.5 Å². The Kier molecular flexibility index (Phi) is 3.70. The van der Waals surface area contributed by atoms with E-state index in [2.05, 4.69) is 21.0 Å². The first-order chi connectivity index (χ1) is 10.2. The summed E-state index contributed by atoms with van der Waals surface area (Å²) in [5.41, 5.74) is 2.60. The van der Waals surface area contributed by atoms with Crippen molar-refractivity contribution in [3.63, 3.8) is 0 Å². The molecule has 0 bridgehead atoms. The van der Waals surface area contributed by atoms with Crippen LogP contribution in [0.1, 0.15) is 0 Å². The van der Waals surface area contributed by atoms with Crippen molar-refractivity contribution < 1.29 is 9.47 Å². The van der Waals surface area contributed by atoms with E-state index in [1.165, 1.54) is 0 Å². The molecule has 1 aromatic carbocycles. The first kappa shape index (κ1) is 13.8. The minimum atomic E-state index is 0.547. The van der Waals surface area contributed by atoms with Crippen molar-refractivity contribution in [2.24, 2.45) is 0 Å². The Hall–Kier alpha value is -2.21. The van der Waals surface area contributed by atoms with Crippen LogP contribution in [0.5, 0.6) is 11.6 Å². The fraction of sp³-hybridized carbons (Fsp3) is 0.200. The van der Waals surface area contributed by atoms with E-state index in [-0.39, 0.29) is 0 Å². The van der Waals surface area contributed by atoms with Gasteiger partial charge < -0.3 is 14.5 Å². The summed E-state index contributed by atoms with van der Waals surface area (Å²) in [6, 6.07) is 7.87. The average molecular weight is 301 g/mol. The topological polar surface area (TPSA) is 60.0 Å². The highest BCUT2D eigenvalue weighted by molar-refractivity contribution is 7.98. The Labute approximate surface area is 126 Å². The molecule has 0 aliphatic carbocycles. The van der Waals surface area contributed by atoms with Crippen LogP contribution in [0.3, 0.4) is 0 Å². The van der Waals surface area contributed by atoms with Crippen LogP contribution in [-0.2, 0) is 0 Å². The van der Waals surface area contributed by atoms with Crippen molar-refractivity contribution in [3.05, 3.63) is 30.5 Å². The van der Waals surface area contributed by atoms with Gasteiger partial charge in [0, 0.05) is 11.0 Å². The van der Waals surface area contributed by atoms with Crippen molar-refractivity contribution in [1.82, 2.24) is 15.0 Å². The predicted octanol–water partition coefficient (Wildman–Crippen LogP) is 3.36. The number of ether oxygens (including phenoxy) is 2. The predicted molar refractivity (Wildman–Crippen MR) is 84.2 cm³/mol. The molecular formula is C15H15N3O2S. The molecule has 0 fully saturated rings. The lowest BCUT2D eigenvalue weighted by atomic mass is 10.2. The normalized spacial score (nSPS) is 10.8. The van der Waals surface area contributed by atoms with E-state index >= 15 is 0 Å². The quantitative estimate of drug-likeness (QED) is 0.749. The second kappa shape index (κ2) is 5.65. The summed E-state index contributed by atoms with van der Waals surface area (Å²) >= 11 is 1.68. The number of nitrogens with zero attached hydrogens (tertiary/aromatic N) is 2. The summed E-state index contributed by atoms with van der Waals surface area (Å²) in [6.45, 7) is 0. The van der Waals surface area contributed by atoms with Crippen LogP contribution in [0.15, 0.2) is 35.4 Å². The highest BCUT2D eigenvalue weighted by Crippen LogP contribution is 2.33. The Morgan fingerprint density at radius 2 is 2.00 bits per heavy atom. The van der Waals surface area contributed by atoms with E-state index in [1.807, 2.05) is 18.4 Å². The number of rotatable bonds is 4. The number of aromatic amines is 1. The van der Waals surface area contributed by atoms with E-state index < -0.39 is 0 Å². The molecule has 2 aromatic heterocycles. The molecule has 0 saturated carbocycles. The lowest BCUT2D eigenvalue weighted by molar-refractivity contribution is 0.398. The van der Waals surface area contributed by atoms with Gasteiger partial charge >= 0.3 is 0 Å². The number of hydrogen-bond donors (Lipinski definition) is 1. The number of nitrogens with one attached hydrogen (secondary N) is 1. The van der Waals surface area contributed by atoms with E-state index in [0.29, 0.717) is 5.88 Å². The molecule has 3 aromatic rings.